The molecule has 0 aromatic carbocycles. The van der Waals surface area contributed by atoms with Crippen molar-refractivity contribution in [3.8, 4) is 0 Å². The van der Waals surface area contributed by atoms with Crippen LogP contribution in [-0.4, -0.2) is 52.4 Å². The first-order chi connectivity index (χ1) is 16.0. The van der Waals surface area contributed by atoms with Crippen molar-refractivity contribution in [2.45, 2.75) is 108 Å². The summed E-state index contributed by atoms with van der Waals surface area (Å²) >= 11 is 0. The number of hydrogen-bond donors (Lipinski definition) is 1. The van der Waals surface area contributed by atoms with Crippen LogP contribution >= 0.6 is 0 Å². The van der Waals surface area contributed by atoms with E-state index in [2.05, 4.69) is 18.7 Å². The lowest BCUT2D eigenvalue weighted by Crippen LogP contribution is -2.45. The van der Waals surface area contributed by atoms with Gasteiger partial charge in [0.2, 0.25) is 0 Å². The van der Waals surface area contributed by atoms with E-state index < -0.39 is 35.2 Å². The summed E-state index contributed by atoms with van der Waals surface area (Å²) in [5, 5.41) is 0. The van der Waals surface area contributed by atoms with Crippen molar-refractivity contribution >= 4 is 20.0 Å². The van der Waals surface area contributed by atoms with Crippen molar-refractivity contribution in [1.29, 1.82) is 0 Å². The molecule has 1 aliphatic rings. The molecule has 0 aliphatic carbocycles. The Kier molecular flexibility index (Phi) is 16.0. The summed E-state index contributed by atoms with van der Waals surface area (Å²) in [4.78, 5) is 2.67. The van der Waals surface area contributed by atoms with E-state index in [1.807, 2.05) is 0 Å². The minimum absolute atomic E-state index is 0.493. The number of sulfonamides is 2. The first-order valence-corrected chi connectivity index (χ1v) is 15.1. The standard InChI is InChI=1S/C19H39N.C2HF6NO4S2/c1-3-4-5-6-7-8-9-10-11-12-13-14-16-20-17-15-19(2)18-20;3-1(4,5)14(10,11)9-15(12,13)2(6,7)8/h19H,3-18H2,1-2H3;9H. The van der Waals surface area contributed by atoms with Crippen LogP contribution in [0.25, 0.3) is 0 Å². The molecule has 0 saturated carbocycles. The van der Waals surface area contributed by atoms with Gasteiger partial charge in [-0.1, -0.05) is 88.6 Å². The molecule has 1 atom stereocenters. The van der Waals surface area contributed by atoms with Gasteiger partial charge in [-0.3, -0.25) is 0 Å². The molecule has 1 fully saturated rings. The number of nitrogens with zero attached hydrogens (tertiary/aromatic N) is 1. The zero-order valence-electron chi connectivity index (χ0n) is 20.6. The van der Waals surface area contributed by atoms with E-state index in [-0.39, 0.29) is 0 Å². The summed E-state index contributed by atoms with van der Waals surface area (Å²) in [6.07, 6.45) is 18.9. The third kappa shape index (κ3) is 15.3. The van der Waals surface area contributed by atoms with Crippen LogP contribution in [0.5, 0.6) is 0 Å². The predicted octanol–water partition coefficient (Wildman–Crippen LogP) is 6.30. The molecule has 35 heavy (non-hydrogen) atoms. The fourth-order valence-corrected chi connectivity index (χ4v) is 5.56. The molecular formula is C21H40F6N2O4S2. The lowest BCUT2D eigenvalue weighted by molar-refractivity contribution is -0.0476. The van der Waals surface area contributed by atoms with Crippen molar-refractivity contribution in [2.24, 2.45) is 5.92 Å². The van der Waals surface area contributed by atoms with Gasteiger partial charge in [0.1, 0.15) is 0 Å². The second kappa shape index (κ2) is 16.3. The Morgan fingerprint density at radius 1 is 0.714 bits per heavy atom. The normalized spacial score (nSPS) is 17.9. The van der Waals surface area contributed by atoms with Gasteiger partial charge in [-0.2, -0.15) is 26.3 Å². The highest BCUT2D eigenvalue weighted by atomic mass is 32.3. The zero-order chi connectivity index (χ0) is 27.2. The van der Waals surface area contributed by atoms with Gasteiger partial charge in [0.05, 0.1) is 0 Å². The number of hydrogen-bond acceptors (Lipinski definition) is 5. The molecule has 1 saturated heterocycles. The smallest absolute Gasteiger partial charge is 0.303 e. The van der Waals surface area contributed by atoms with Crippen molar-refractivity contribution in [3.63, 3.8) is 0 Å². The minimum Gasteiger partial charge on any atom is -0.303 e. The van der Waals surface area contributed by atoms with Gasteiger partial charge in [-0.25, -0.2) is 16.8 Å². The zero-order valence-corrected chi connectivity index (χ0v) is 22.2. The van der Waals surface area contributed by atoms with Crippen molar-refractivity contribution in [3.05, 3.63) is 0 Å². The summed E-state index contributed by atoms with van der Waals surface area (Å²) in [7, 11) is -13.2. The maximum absolute atomic E-state index is 11.5. The Morgan fingerprint density at radius 3 is 1.40 bits per heavy atom. The van der Waals surface area contributed by atoms with Crippen LogP contribution in [0.1, 0.15) is 97.3 Å². The molecule has 1 unspecified atom stereocenters. The highest BCUT2D eigenvalue weighted by Crippen LogP contribution is 2.27. The molecule has 1 heterocycles. The van der Waals surface area contributed by atoms with E-state index in [4.69, 9.17) is 0 Å². The summed E-state index contributed by atoms with van der Waals surface area (Å²) in [5.41, 5.74) is -12.3. The van der Waals surface area contributed by atoms with Gasteiger partial charge in [0.15, 0.2) is 0 Å². The van der Waals surface area contributed by atoms with E-state index in [9.17, 15) is 43.2 Å². The summed E-state index contributed by atoms with van der Waals surface area (Å²) < 4.78 is 108. The maximum atomic E-state index is 11.5. The Morgan fingerprint density at radius 2 is 1.09 bits per heavy atom. The SMILES string of the molecule is CCCCCCCCCCCCCCN1CCC(C)C1.O=S(=O)(NS(=O)(=O)C(F)(F)F)C(F)(F)F. The number of rotatable bonds is 15. The monoisotopic (exact) mass is 562 g/mol. The van der Waals surface area contributed by atoms with Gasteiger partial charge < -0.3 is 4.90 Å². The molecule has 1 aliphatic heterocycles. The quantitative estimate of drug-likeness (QED) is 0.187. The third-order valence-electron chi connectivity index (χ3n) is 5.66. The van der Waals surface area contributed by atoms with Crippen LogP contribution in [0.4, 0.5) is 26.3 Å². The van der Waals surface area contributed by atoms with Crippen LogP contribution in [-0.2, 0) is 20.0 Å². The predicted molar refractivity (Wildman–Crippen MR) is 124 cm³/mol. The van der Waals surface area contributed by atoms with Crippen LogP contribution < -0.4 is 4.13 Å². The molecule has 0 bridgehead atoms. The molecule has 0 spiro atoms. The molecule has 212 valence electrons. The van der Waals surface area contributed by atoms with Crippen molar-refractivity contribution < 1.29 is 43.2 Å². The topological polar surface area (TPSA) is 83.6 Å². The average Bonchev–Trinajstić information content (AvgIpc) is 3.12. The lowest BCUT2D eigenvalue weighted by Gasteiger charge is -2.14. The van der Waals surface area contributed by atoms with Gasteiger partial charge >= 0.3 is 31.1 Å². The van der Waals surface area contributed by atoms with Gasteiger partial charge in [-0.15, -0.1) is 0 Å². The van der Waals surface area contributed by atoms with Crippen LogP contribution in [0.2, 0.25) is 0 Å². The first-order valence-electron chi connectivity index (χ1n) is 12.2. The molecule has 0 radical (unpaired) electrons. The highest BCUT2D eigenvalue weighted by molar-refractivity contribution is 8.05. The van der Waals surface area contributed by atoms with Crippen molar-refractivity contribution in [1.82, 2.24) is 9.03 Å². The Labute approximate surface area is 206 Å². The average molecular weight is 563 g/mol. The van der Waals surface area contributed by atoms with E-state index in [1.165, 1.54) is 103 Å². The molecule has 6 nitrogen and oxygen atoms in total. The van der Waals surface area contributed by atoms with E-state index in [0.29, 0.717) is 0 Å². The van der Waals surface area contributed by atoms with Gasteiger partial charge in [0.25, 0.3) is 0 Å². The first kappa shape index (κ1) is 34.4. The third-order valence-corrected chi connectivity index (χ3v) is 8.64. The van der Waals surface area contributed by atoms with Crippen LogP contribution in [0.15, 0.2) is 0 Å². The van der Waals surface area contributed by atoms with E-state index in [0.717, 1.165) is 5.92 Å². The Bertz CT molecular complexity index is 730. The summed E-state index contributed by atoms with van der Waals surface area (Å²) in [6.45, 7) is 8.77. The Balaban J connectivity index is 0.000000691. The molecule has 0 aromatic rings. The lowest BCUT2D eigenvalue weighted by atomic mass is 10.1. The minimum atomic E-state index is -6.60. The fourth-order valence-electron chi connectivity index (χ4n) is 3.64. The Hall–Kier alpha value is -0.600. The second-order valence-electron chi connectivity index (χ2n) is 9.07. The number of nitrogens with one attached hydrogen (secondary N) is 1. The van der Waals surface area contributed by atoms with Crippen LogP contribution in [0.3, 0.4) is 0 Å². The molecule has 0 amide bonds. The van der Waals surface area contributed by atoms with Gasteiger partial charge in [0, 0.05) is 6.54 Å². The van der Waals surface area contributed by atoms with Crippen molar-refractivity contribution in [2.75, 3.05) is 19.6 Å². The molecule has 14 heteroatoms. The largest absolute Gasteiger partial charge is 0.512 e. The van der Waals surface area contributed by atoms with E-state index >= 15 is 0 Å². The van der Waals surface area contributed by atoms with Gasteiger partial charge in [-0.05, 0) is 31.8 Å². The number of halogens is 6. The fraction of sp³-hybridized carbons (Fsp3) is 1.00. The van der Waals surface area contributed by atoms with Crippen LogP contribution in [0, 0.1) is 5.92 Å². The second-order valence-corrected chi connectivity index (χ2v) is 12.7. The molecular weight excluding hydrogens is 522 g/mol. The summed E-state index contributed by atoms with van der Waals surface area (Å²) in [5.74, 6) is 0.951. The maximum Gasteiger partial charge on any atom is 0.512 e. The molecule has 0 aromatic heterocycles. The number of alkyl halides is 6. The molecule has 1 N–H and O–H groups in total. The van der Waals surface area contributed by atoms with E-state index in [1.54, 1.807) is 0 Å². The number of unbranched alkanes of at least 4 members (excludes halogenated alkanes) is 11. The molecule has 1 rings (SSSR count). The summed E-state index contributed by atoms with van der Waals surface area (Å²) in [6, 6.07) is 0. The highest BCUT2D eigenvalue weighted by Gasteiger charge is 2.55. The number of likely N-dealkylation sites (tertiary alicyclic amines) is 1.